The van der Waals surface area contributed by atoms with Crippen molar-refractivity contribution in [1.29, 1.82) is 0 Å². The van der Waals surface area contributed by atoms with E-state index < -0.39 is 6.29 Å². The van der Waals surface area contributed by atoms with Crippen molar-refractivity contribution in [3.63, 3.8) is 0 Å². The maximum absolute atomic E-state index is 12.6. The summed E-state index contributed by atoms with van der Waals surface area (Å²) < 4.78 is 13.0. The van der Waals surface area contributed by atoms with Gasteiger partial charge < -0.3 is 36.1 Å². The summed E-state index contributed by atoms with van der Waals surface area (Å²) in [5.41, 5.74) is 12.8. The highest BCUT2D eigenvalue weighted by Gasteiger charge is 2.32. The molecule has 1 heterocycles. The smallest absolute Gasteiger partial charge is 0.224 e. The molecule has 4 aromatic carbocycles. The Bertz CT molecular complexity index is 1670. The molecule has 0 unspecified atom stereocenters. The largest absolute Gasteiger partial charge is 0.397 e. The lowest BCUT2D eigenvalue weighted by atomic mass is 9.99. The molecule has 0 spiro atoms. The number of aliphatic hydroxyl groups excluding tert-OH is 2. The lowest BCUT2D eigenvalue weighted by Crippen LogP contribution is -2.31. The molecule has 0 radical (unpaired) electrons. The van der Waals surface area contributed by atoms with Crippen molar-refractivity contribution < 1.29 is 29.3 Å². The number of nitrogen functional groups attached to an aromatic ring is 1. The molecule has 49 heavy (non-hydrogen) atoms. The minimum atomic E-state index is -0.569. The van der Waals surface area contributed by atoms with Crippen LogP contribution in [-0.4, -0.2) is 46.2 Å². The molecule has 6 N–H and O–H groups in total. The van der Waals surface area contributed by atoms with Crippen LogP contribution in [0.4, 0.5) is 11.4 Å². The zero-order chi connectivity index (χ0) is 34.4. The number of carbonyl (C=O) groups excluding carboxylic acids is 2. The van der Waals surface area contributed by atoms with Crippen LogP contribution in [0.25, 0.3) is 11.1 Å². The Hall–Kier alpha value is -4.19. The summed E-state index contributed by atoms with van der Waals surface area (Å²) in [4.78, 5) is 24.8. The SMILES string of the molecule is Nc1ccccc1NC(=O)CCCCC(=O)NCc1cccc(-c2cccc([C@H]3O[C@@H](CSCCO)C[C@@H](c4ccc(CO)cc4)O3)c2)c1. The third kappa shape index (κ3) is 10.9. The Morgan fingerprint density at radius 1 is 0.796 bits per heavy atom. The van der Waals surface area contributed by atoms with Crippen molar-refractivity contribution in [1.82, 2.24) is 5.32 Å². The fourth-order valence-corrected chi connectivity index (χ4v) is 6.48. The van der Waals surface area contributed by atoms with E-state index in [1.54, 1.807) is 23.9 Å². The number of hydrogen-bond acceptors (Lipinski definition) is 8. The second kappa shape index (κ2) is 18.5. The van der Waals surface area contributed by atoms with Gasteiger partial charge in [-0.05, 0) is 64.9 Å². The van der Waals surface area contributed by atoms with Crippen LogP contribution < -0.4 is 16.4 Å². The zero-order valence-corrected chi connectivity index (χ0v) is 28.4. The molecule has 9 nitrogen and oxygen atoms in total. The second-order valence-electron chi connectivity index (χ2n) is 12.1. The Morgan fingerprint density at radius 2 is 1.53 bits per heavy atom. The number of hydrogen-bond donors (Lipinski definition) is 5. The number of anilines is 2. The molecule has 0 bridgehead atoms. The molecule has 0 aromatic heterocycles. The summed E-state index contributed by atoms with van der Waals surface area (Å²) in [5.74, 6) is 1.22. The number of aliphatic hydroxyl groups is 2. The van der Waals surface area contributed by atoms with Gasteiger partial charge in [0.2, 0.25) is 11.8 Å². The van der Waals surface area contributed by atoms with Crippen molar-refractivity contribution >= 4 is 35.0 Å². The first kappa shape index (κ1) is 36.1. The highest BCUT2D eigenvalue weighted by molar-refractivity contribution is 7.99. The molecular weight excluding hydrogens is 639 g/mol. The van der Waals surface area contributed by atoms with Crippen molar-refractivity contribution in [2.45, 2.75) is 63.8 Å². The van der Waals surface area contributed by atoms with E-state index in [0.717, 1.165) is 39.1 Å². The second-order valence-corrected chi connectivity index (χ2v) is 13.2. The van der Waals surface area contributed by atoms with Gasteiger partial charge in [-0.25, -0.2) is 0 Å². The number of rotatable bonds is 16. The average molecular weight is 684 g/mol. The molecule has 1 fully saturated rings. The molecule has 10 heteroatoms. The van der Waals surface area contributed by atoms with E-state index in [1.807, 2.05) is 72.8 Å². The lowest BCUT2D eigenvalue weighted by molar-refractivity contribution is -0.245. The number of nitrogens with one attached hydrogen (secondary N) is 2. The van der Waals surface area contributed by atoms with Gasteiger partial charge in [0.25, 0.3) is 0 Å². The van der Waals surface area contributed by atoms with Gasteiger partial charge in [-0.3, -0.25) is 9.59 Å². The van der Waals surface area contributed by atoms with Crippen LogP contribution in [-0.2, 0) is 32.2 Å². The van der Waals surface area contributed by atoms with Crippen molar-refractivity contribution in [3.8, 4) is 11.1 Å². The molecule has 258 valence electrons. The lowest BCUT2D eigenvalue weighted by Gasteiger charge is -2.36. The van der Waals surface area contributed by atoms with Crippen LogP contribution in [0.1, 0.15) is 66.8 Å². The summed E-state index contributed by atoms with van der Waals surface area (Å²) in [6, 6.07) is 31.2. The van der Waals surface area contributed by atoms with Gasteiger partial charge in [-0.2, -0.15) is 11.8 Å². The van der Waals surface area contributed by atoms with Crippen LogP contribution in [0, 0.1) is 0 Å². The van der Waals surface area contributed by atoms with Crippen LogP contribution in [0.3, 0.4) is 0 Å². The number of thioether (sulfide) groups is 1. The van der Waals surface area contributed by atoms with Gasteiger partial charge in [0.15, 0.2) is 6.29 Å². The number of carbonyl (C=O) groups is 2. The summed E-state index contributed by atoms with van der Waals surface area (Å²) in [6.45, 7) is 0.519. The molecule has 2 amide bonds. The minimum Gasteiger partial charge on any atom is -0.397 e. The number of unbranched alkanes of at least 4 members (excludes halogenated alkanes) is 1. The third-order valence-corrected chi connectivity index (χ3v) is 9.43. The van der Waals surface area contributed by atoms with Crippen LogP contribution in [0.5, 0.6) is 0 Å². The van der Waals surface area contributed by atoms with Crippen molar-refractivity contribution in [2.24, 2.45) is 0 Å². The first-order valence-corrected chi connectivity index (χ1v) is 17.9. The topological polar surface area (TPSA) is 143 Å². The number of nitrogens with two attached hydrogens (primary N) is 1. The molecule has 4 aromatic rings. The summed E-state index contributed by atoms with van der Waals surface area (Å²) in [7, 11) is 0. The standard InChI is InChI=1S/C39H45N3O6S/c40-34-11-1-2-12-35(34)42-38(46)14-4-3-13-37(45)41-24-28-7-5-8-30(21-28)31-9-6-10-32(22-31)39-47-33(26-49-20-19-43)23-36(48-39)29-17-15-27(25-44)16-18-29/h1-2,5-12,15-18,21-22,33,36,39,43-44H,3-4,13-14,19-20,23-26,40H2,(H,41,45)(H,42,46)/t33-,36+,39+/m1/s1. The first-order chi connectivity index (χ1) is 23.9. The Kier molecular flexibility index (Phi) is 13.7. The first-order valence-electron chi connectivity index (χ1n) is 16.7. The summed E-state index contributed by atoms with van der Waals surface area (Å²) in [6.07, 6.45) is 1.77. The van der Waals surface area contributed by atoms with E-state index in [9.17, 15) is 19.8 Å². The highest BCUT2D eigenvalue weighted by Crippen LogP contribution is 2.39. The molecular formula is C39H45N3O6S. The number of para-hydroxylation sites is 2. The Balaban J connectivity index is 1.15. The van der Waals surface area contributed by atoms with Gasteiger partial charge in [0.1, 0.15) is 0 Å². The minimum absolute atomic E-state index is 0.00762. The van der Waals surface area contributed by atoms with Gasteiger partial charge in [0.05, 0.1) is 36.8 Å². The van der Waals surface area contributed by atoms with Gasteiger partial charge in [-0.1, -0.05) is 72.8 Å². The van der Waals surface area contributed by atoms with Crippen molar-refractivity contribution in [3.05, 3.63) is 119 Å². The van der Waals surface area contributed by atoms with E-state index in [4.69, 9.17) is 15.2 Å². The summed E-state index contributed by atoms with van der Waals surface area (Å²) >= 11 is 1.66. The maximum atomic E-state index is 12.6. The average Bonchev–Trinajstić information content (AvgIpc) is 3.14. The monoisotopic (exact) mass is 683 g/mol. The third-order valence-electron chi connectivity index (χ3n) is 8.36. The molecule has 0 aliphatic carbocycles. The molecule has 1 saturated heterocycles. The zero-order valence-electron chi connectivity index (χ0n) is 27.6. The van der Waals surface area contributed by atoms with E-state index in [-0.39, 0.29) is 37.2 Å². The molecule has 1 aliphatic rings. The molecule has 1 aliphatic heterocycles. The molecule has 0 saturated carbocycles. The van der Waals surface area contributed by atoms with Crippen LogP contribution in [0.2, 0.25) is 0 Å². The molecule has 3 atom stereocenters. The van der Waals surface area contributed by atoms with E-state index >= 15 is 0 Å². The predicted molar refractivity (Wildman–Crippen MR) is 195 cm³/mol. The Morgan fingerprint density at radius 3 is 2.29 bits per heavy atom. The van der Waals surface area contributed by atoms with Gasteiger partial charge >= 0.3 is 0 Å². The number of ether oxygens (including phenoxy) is 2. The summed E-state index contributed by atoms with van der Waals surface area (Å²) in [5, 5.41) is 24.6. The maximum Gasteiger partial charge on any atom is 0.224 e. The quantitative estimate of drug-likeness (QED) is 0.0664. The van der Waals surface area contributed by atoms with Crippen LogP contribution in [0.15, 0.2) is 97.1 Å². The van der Waals surface area contributed by atoms with E-state index in [2.05, 4.69) is 22.8 Å². The number of benzene rings is 4. The van der Waals surface area contributed by atoms with Crippen molar-refractivity contribution in [2.75, 3.05) is 29.2 Å². The highest BCUT2D eigenvalue weighted by atomic mass is 32.2. The predicted octanol–water partition coefficient (Wildman–Crippen LogP) is 6.51. The van der Waals surface area contributed by atoms with Crippen LogP contribution >= 0.6 is 11.8 Å². The Labute approximate surface area is 292 Å². The van der Waals surface area contributed by atoms with Gasteiger partial charge in [-0.15, -0.1) is 0 Å². The molecule has 5 rings (SSSR count). The fourth-order valence-electron chi connectivity index (χ4n) is 5.71. The van der Waals surface area contributed by atoms with E-state index in [0.29, 0.717) is 55.8 Å². The number of amides is 2. The van der Waals surface area contributed by atoms with Gasteiger partial charge in [0, 0.05) is 42.9 Å². The fraction of sp³-hybridized carbons (Fsp3) is 0.333. The normalized spacial score (nSPS) is 17.4. The van der Waals surface area contributed by atoms with E-state index in [1.165, 1.54) is 0 Å².